The number of rotatable bonds is 6. The number of hydrogen-bond donors (Lipinski definition) is 2. The van der Waals surface area contributed by atoms with Crippen LogP contribution in [0.1, 0.15) is 55.8 Å². The minimum Gasteiger partial charge on any atom is -0.350 e. The smallest absolute Gasteiger partial charge is 0.220 e. The maximum Gasteiger partial charge on any atom is 0.220 e. The number of nitrogens with one attached hydrogen (secondary N) is 1. The molecule has 0 bridgehead atoms. The van der Waals surface area contributed by atoms with Gasteiger partial charge in [-0.25, -0.2) is 0 Å². The Labute approximate surface area is 116 Å². The molecule has 2 unspecified atom stereocenters. The molecule has 3 heteroatoms. The highest BCUT2D eigenvalue weighted by atomic mass is 16.1. The molecule has 2 atom stereocenters. The fourth-order valence-electron chi connectivity index (χ4n) is 2.20. The molecule has 1 aromatic rings. The highest BCUT2D eigenvalue weighted by molar-refractivity contribution is 5.76. The van der Waals surface area contributed by atoms with Crippen LogP contribution in [-0.4, -0.2) is 11.9 Å². The number of aryl methyl sites for hydroxylation is 2. The molecule has 1 aromatic carbocycles. The maximum absolute atomic E-state index is 11.9. The molecule has 1 amide bonds. The topological polar surface area (TPSA) is 55.1 Å². The van der Waals surface area contributed by atoms with Crippen molar-refractivity contribution in [1.82, 2.24) is 5.32 Å². The first-order valence-electron chi connectivity index (χ1n) is 7.02. The Hall–Kier alpha value is -1.35. The maximum atomic E-state index is 11.9. The van der Waals surface area contributed by atoms with Crippen molar-refractivity contribution >= 4 is 5.91 Å². The summed E-state index contributed by atoms with van der Waals surface area (Å²) in [5, 5.41) is 3.06. The van der Waals surface area contributed by atoms with E-state index in [1.807, 2.05) is 13.8 Å². The van der Waals surface area contributed by atoms with Crippen molar-refractivity contribution in [3.05, 3.63) is 34.9 Å². The third kappa shape index (κ3) is 5.43. The Bertz CT molecular complexity index is 427. The summed E-state index contributed by atoms with van der Waals surface area (Å²) in [5.74, 6) is 0.106. The molecule has 0 aliphatic heterocycles. The van der Waals surface area contributed by atoms with E-state index in [9.17, 15) is 4.79 Å². The summed E-state index contributed by atoms with van der Waals surface area (Å²) in [4.78, 5) is 11.9. The summed E-state index contributed by atoms with van der Waals surface area (Å²) >= 11 is 0. The molecule has 0 aromatic heterocycles. The summed E-state index contributed by atoms with van der Waals surface area (Å²) in [5.41, 5.74) is 9.31. The van der Waals surface area contributed by atoms with Crippen LogP contribution in [-0.2, 0) is 4.79 Å². The van der Waals surface area contributed by atoms with Crippen LogP contribution in [0.2, 0.25) is 0 Å². The number of amides is 1. The third-order valence-electron chi connectivity index (χ3n) is 3.34. The minimum atomic E-state index is 0.0581. The highest BCUT2D eigenvalue weighted by Gasteiger charge is 2.11. The molecule has 106 valence electrons. The summed E-state index contributed by atoms with van der Waals surface area (Å²) in [6.07, 6.45) is 2.30. The molecular weight excluding hydrogens is 236 g/mol. The SMILES string of the molecule is Cc1ccc(C)c(C(C)NC(=O)CCCC(C)N)c1. The van der Waals surface area contributed by atoms with Crippen LogP contribution >= 0.6 is 0 Å². The Morgan fingerprint density at radius 3 is 2.63 bits per heavy atom. The van der Waals surface area contributed by atoms with Crippen molar-refractivity contribution in [2.45, 2.75) is 59.0 Å². The predicted molar refractivity (Wildman–Crippen MR) is 80.0 cm³/mol. The lowest BCUT2D eigenvalue weighted by Gasteiger charge is -2.17. The van der Waals surface area contributed by atoms with Crippen molar-refractivity contribution in [2.24, 2.45) is 5.73 Å². The van der Waals surface area contributed by atoms with Gasteiger partial charge in [0.2, 0.25) is 5.91 Å². The van der Waals surface area contributed by atoms with Crippen molar-refractivity contribution in [2.75, 3.05) is 0 Å². The monoisotopic (exact) mass is 262 g/mol. The van der Waals surface area contributed by atoms with Gasteiger partial charge in [0.15, 0.2) is 0 Å². The molecule has 0 radical (unpaired) electrons. The summed E-state index contributed by atoms with van der Waals surface area (Å²) in [7, 11) is 0. The first-order valence-corrected chi connectivity index (χ1v) is 7.02. The van der Waals surface area contributed by atoms with Gasteiger partial charge >= 0.3 is 0 Å². The lowest BCUT2D eigenvalue weighted by atomic mass is 10.00. The van der Waals surface area contributed by atoms with Gasteiger partial charge in [-0.05, 0) is 51.7 Å². The molecule has 0 aliphatic carbocycles. The average molecular weight is 262 g/mol. The van der Waals surface area contributed by atoms with Crippen LogP contribution in [0, 0.1) is 13.8 Å². The van der Waals surface area contributed by atoms with Gasteiger partial charge in [-0.3, -0.25) is 4.79 Å². The molecule has 3 nitrogen and oxygen atoms in total. The Morgan fingerprint density at radius 2 is 2.00 bits per heavy atom. The zero-order valence-corrected chi connectivity index (χ0v) is 12.5. The van der Waals surface area contributed by atoms with Gasteiger partial charge in [0.1, 0.15) is 0 Å². The first-order chi connectivity index (χ1) is 8.90. The molecule has 0 heterocycles. The molecule has 1 rings (SSSR count). The largest absolute Gasteiger partial charge is 0.350 e. The summed E-state index contributed by atoms with van der Waals surface area (Å²) < 4.78 is 0. The van der Waals surface area contributed by atoms with Gasteiger partial charge in [-0.2, -0.15) is 0 Å². The van der Waals surface area contributed by atoms with Crippen LogP contribution in [0.5, 0.6) is 0 Å². The fraction of sp³-hybridized carbons (Fsp3) is 0.562. The quantitative estimate of drug-likeness (QED) is 0.828. The highest BCUT2D eigenvalue weighted by Crippen LogP contribution is 2.19. The molecule has 0 aliphatic rings. The third-order valence-corrected chi connectivity index (χ3v) is 3.34. The Morgan fingerprint density at radius 1 is 1.32 bits per heavy atom. The van der Waals surface area contributed by atoms with Gasteiger partial charge < -0.3 is 11.1 Å². The van der Waals surface area contributed by atoms with Crippen molar-refractivity contribution in [3.63, 3.8) is 0 Å². The van der Waals surface area contributed by atoms with Gasteiger partial charge in [0.05, 0.1) is 6.04 Å². The Kier molecular flexibility index (Phi) is 6.03. The number of carbonyl (C=O) groups is 1. The van der Waals surface area contributed by atoms with Gasteiger partial charge in [0, 0.05) is 12.5 Å². The number of hydrogen-bond acceptors (Lipinski definition) is 2. The molecule has 3 N–H and O–H groups in total. The van der Waals surface area contributed by atoms with E-state index in [-0.39, 0.29) is 18.0 Å². The molecular formula is C16H26N2O. The van der Waals surface area contributed by atoms with Crippen LogP contribution in [0.4, 0.5) is 0 Å². The van der Waals surface area contributed by atoms with E-state index in [2.05, 4.69) is 37.4 Å². The number of carbonyl (C=O) groups excluding carboxylic acids is 1. The summed E-state index contributed by atoms with van der Waals surface area (Å²) in [6.45, 7) is 8.15. The fourth-order valence-corrected chi connectivity index (χ4v) is 2.20. The molecule has 0 spiro atoms. The van der Waals surface area contributed by atoms with Crippen LogP contribution in [0.3, 0.4) is 0 Å². The van der Waals surface area contributed by atoms with Crippen LogP contribution in [0.15, 0.2) is 18.2 Å². The lowest BCUT2D eigenvalue weighted by molar-refractivity contribution is -0.121. The second-order valence-electron chi connectivity index (χ2n) is 5.52. The van der Waals surface area contributed by atoms with E-state index in [4.69, 9.17) is 5.73 Å². The van der Waals surface area contributed by atoms with Gasteiger partial charge in [-0.15, -0.1) is 0 Å². The predicted octanol–water partition coefficient (Wildman–Crippen LogP) is 3.00. The van der Waals surface area contributed by atoms with Gasteiger partial charge in [-0.1, -0.05) is 23.8 Å². The Balaban J connectivity index is 2.52. The van der Waals surface area contributed by atoms with E-state index < -0.39 is 0 Å². The molecule has 0 fully saturated rings. The first kappa shape index (κ1) is 15.7. The number of benzene rings is 1. The van der Waals surface area contributed by atoms with Gasteiger partial charge in [0.25, 0.3) is 0 Å². The van der Waals surface area contributed by atoms with E-state index in [1.54, 1.807) is 0 Å². The minimum absolute atomic E-state index is 0.0581. The van der Waals surface area contributed by atoms with Crippen molar-refractivity contribution in [3.8, 4) is 0 Å². The molecule has 19 heavy (non-hydrogen) atoms. The van der Waals surface area contributed by atoms with E-state index in [0.717, 1.165) is 12.8 Å². The van der Waals surface area contributed by atoms with E-state index in [1.165, 1.54) is 16.7 Å². The van der Waals surface area contributed by atoms with Crippen molar-refractivity contribution in [1.29, 1.82) is 0 Å². The normalized spacial score (nSPS) is 13.9. The molecule has 0 saturated heterocycles. The standard InChI is InChI=1S/C16H26N2O/c1-11-8-9-12(2)15(10-11)14(4)18-16(19)7-5-6-13(3)17/h8-10,13-14H,5-7,17H2,1-4H3,(H,18,19). The van der Waals surface area contributed by atoms with Crippen LogP contribution in [0.25, 0.3) is 0 Å². The lowest BCUT2D eigenvalue weighted by Crippen LogP contribution is -2.27. The molecule has 0 saturated carbocycles. The second-order valence-corrected chi connectivity index (χ2v) is 5.52. The zero-order chi connectivity index (χ0) is 14.4. The average Bonchev–Trinajstić information content (AvgIpc) is 2.31. The van der Waals surface area contributed by atoms with Crippen molar-refractivity contribution < 1.29 is 4.79 Å². The van der Waals surface area contributed by atoms with E-state index in [0.29, 0.717) is 6.42 Å². The van der Waals surface area contributed by atoms with E-state index >= 15 is 0 Å². The second kappa shape index (κ2) is 7.29. The summed E-state index contributed by atoms with van der Waals surface area (Å²) in [6, 6.07) is 6.56. The number of nitrogens with two attached hydrogens (primary N) is 1. The van der Waals surface area contributed by atoms with Crippen LogP contribution < -0.4 is 11.1 Å². The zero-order valence-electron chi connectivity index (χ0n) is 12.5.